The molecular weight excluding hydrogens is 356 g/mol. The minimum atomic E-state index is -0.499. The minimum absolute atomic E-state index is 0.108. The number of hydrogen-bond acceptors (Lipinski definition) is 5. The lowest BCUT2D eigenvalue weighted by atomic mass is 10.1. The van der Waals surface area contributed by atoms with Gasteiger partial charge in [-0.05, 0) is 54.5 Å². The van der Waals surface area contributed by atoms with Gasteiger partial charge in [0.15, 0.2) is 12.9 Å². The predicted molar refractivity (Wildman–Crippen MR) is 103 cm³/mol. The van der Waals surface area contributed by atoms with Crippen molar-refractivity contribution in [3.8, 4) is 17.6 Å². The smallest absolute Gasteiger partial charge is 0.343 e. The summed E-state index contributed by atoms with van der Waals surface area (Å²) in [6.07, 6.45) is 1.99. The molecule has 0 aliphatic carbocycles. The molecule has 0 heterocycles. The second-order valence-corrected chi connectivity index (χ2v) is 5.75. The van der Waals surface area contributed by atoms with Gasteiger partial charge in [0.25, 0.3) is 0 Å². The maximum atomic E-state index is 12.2. The molecule has 0 unspecified atom stereocenters. The third-order valence-electron chi connectivity index (χ3n) is 3.73. The summed E-state index contributed by atoms with van der Waals surface area (Å²) in [6.45, 7) is 3.38. The Morgan fingerprint density at radius 3 is 2.32 bits per heavy atom. The highest BCUT2D eigenvalue weighted by Gasteiger charge is 2.09. The molecule has 0 saturated heterocycles. The highest BCUT2D eigenvalue weighted by atomic mass is 16.5. The van der Waals surface area contributed by atoms with Crippen molar-refractivity contribution in [2.24, 2.45) is 0 Å². The zero-order valence-corrected chi connectivity index (χ0v) is 15.1. The van der Waals surface area contributed by atoms with Crippen LogP contribution in [0.4, 0.5) is 0 Å². The molecule has 2 radical (unpaired) electrons. The Morgan fingerprint density at radius 1 is 1.04 bits per heavy atom. The number of ketones is 1. The third kappa shape index (κ3) is 6.58. The molecule has 0 saturated carbocycles. The van der Waals surface area contributed by atoms with Gasteiger partial charge in [0.1, 0.15) is 5.75 Å². The molecule has 2 aromatic carbocycles. The second kappa shape index (κ2) is 10.5. The first-order chi connectivity index (χ1) is 13.5. The monoisotopic (exact) mass is 374 g/mol. The van der Waals surface area contributed by atoms with Crippen molar-refractivity contribution < 1.29 is 23.9 Å². The van der Waals surface area contributed by atoms with Crippen LogP contribution >= 0.6 is 0 Å². The largest absolute Gasteiger partial charge is 0.454 e. The van der Waals surface area contributed by atoms with E-state index in [1.807, 2.05) is 0 Å². The fourth-order valence-electron chi connectivity index (χ4n) is 2.19. The summed E-state index contributed by atoms with van der Waals surface area (Å²) in [5.74, 6) is 4.85. The lowest BCUT2D eigenvalue weighted by molar-refractivity contribution is -0.138. The van der Waals surface area contributed by atoms with E-state index < -0.39 is 11.9 Å². The molecule has 0 aromatic heterocycles. The van der Waals surface area contributed by atoms with Crippen molar-refractivity contribution in [2.45, 2.75) is 19.3 Å². The number of ether oxygens (including phenoxy) is 2. The van der Waals surface area contributed by atoms with Crippen molar-refractivity contribution in [2.75, 3.05) is 0 Å². The second-order valence-electron chi connectivity index (χ2n) is 5.75. The molecule has 0 spiro atoms. The van der Waals surface area contributed by atoms with Gasteiger partial charge in [0.2, 0.25) is 0 Å². The normalized spacial score (nSPS) is 9.61. The molecule has 0 N–H and O–H groups in total. The number of benzene rings is 2. The lowest BCUT2D eigenvalue weighted by Gasteiger charge is -2.06. The van der Waals surface area contributed by atoms with E-state index in [2.05, 4.69) is 23.2 Å². The molecule has 5 nitrogen and oxygen atoms in total. The highest BCUT2D eigenvalue weighted by Crippen LogP contribution is 2.16. The van der Waals surface area contributed by atoms with E-state index in [4.69, 9.17) is 11.8 Å². The molecule has 0 bridgehead atoms. The third-order valence-corrected chi connectivity index (χ3v) is 3.73. The van der Waals surface area contributed by atoms with E-state index in [0.29, 0.717) is 23.3 Å². The van der Waals surface area contributed by atoms with Gasteiger partial charge < -0.3 is 9.47 Å². The van der Waals surface area contributed by atoms with Gasteiger partial charge in [-0.15, -0.1) is 0 Å². The maximum absolute atomic E-state index is 12.2. The zero-order valence-electron chi connectivity index (χ0n) is 15.1. The van der Waals surface area contributed by atoms with Gasteiger partial charge in [0.05, 0.1) is 12.0 Å². The number of rotatable bonds is 7. The molecule has 0 amide bonds. The summed E-state index contributed by atoms with van der Waals surface area (Å²) in [4.78, 5) is 34.4. The number of hydrogen-bond donors (Lipinski definition) is 0. The number of aryl methyl sites for hydroxylation is 1. The standard InChI is InChI=1S/C23H18O5/c1-3-20(24)6-4-5-17-7-12-19(13-8-17)23(26)28-21-14-9-18(10-15-21)11-16-22(25)27-2/h2-3,7-10,12-15H,1,6,11,16H2. The first kappa shape index (κ1) is 20.7. The van der Waals surface area contributed by atoms with Crippen LogP contribution in [0.1, 0.15) is 34.3 Å². The van der Waals surface area contributed by atoms with Crippen molar-refractivity contribution in [1.29, 1.82) is 0 Å². The van der Waals surface area contributed by atoms with Gasteiger partial charge in [-0.3, -0.25) is 9.59 Å². The fraction of sp³-hybridized carbons (Fsp3) is 0.130. The average molecular weight is 374 g/mol. The van der Waals surface area contributed by atoms with Gasteiger partial charge in [-0.2, -0.15) is 0 Å². The van der Waals surface area contributed by atoms with Gasteiger partial charge >= 0.3 is 11.9 Å². The molecule has 0 atom stereocenters. The maximum Gasteiger partial charge on any atom is 0.343 e. The summed E-state index contributed by atoms with van der Waals surface area (Å²) in [5.41, 5.74) is 1.96. The van der Waals surface area contributed by atoms with Crippen molar-refractivity contribution in [1.82, 2.24) is 0 Å². The van der Waals surface area contributed by atoms with Crippen molar-refractivity contribution in [3.05, 3.63) is 85.0 Å². The molecule has 0 fully saturated rings. The summed E-state index contributed by atoms with van der Waals surface area (Å²) in [7, 11) is 4.79. The van der Waals surface area contributed by atoms with Crippen LogP contribution in [0.5, 0.6) is 5.75 Å². The van der Waals surface area contributed by atoms with E-state index in [1.165, 1.54) is 6.08 Å². The summed E-state index contributed by atoms with van der Waals surface area (Å²) in [6, 6.07) is 13.4. The molecule has 0 aliphatic rings. The van der Waals surface area contributed by atoms with Crippen LogP contribution in [0.2, 0.25) is 0 Å². The van der Waals surface area contributed by atoms with Crippen LogP contribution < -0.4 is 4.74 Å². The van der Waals surface area contributed by atoms with E-state index >= 15 is 0 Å². The van der Waals surface area contributed by atoms with Crippen LogP contribution in [-0.2, 0) is 20.7 Å². The molecule has 140 valence electrons. The van der Waals surface area contributed by atoms with E-state index in [1.54, 1.807) is 48.5 Å². The number of carbonyl (C=O) groups excluding carboxylic acids is 3. The zero-order chi connectivity index (χ0) is 20.4. The van der Waals surface area contributed by atoms with Crippen molar-refractivity contribution >= 4 is 17.7 Å². The summed E-state index contributed by atoms with van der Waals surface area (Å²) in [5, 5.41) is 0. The van der Waals surface area contributed by atoms with Crippen molar-refractivity contribution in [3.63, 3.8) is 0 Å². The summed E-state index contributed by atoms with van der Waals surface area (Å²) >= 11 is 0. The van der Waals surface area contributed by atoms with Crippen LogP contribution in [0.3, 0.4) is 0 Å². The quantitative estimate of drug-likeness (QED) is 0.321. The van der Waals surface area contributed by atoms with Gasteiger partial charge in [0, 0.05) is 12.0 Å². The number of carbonyl (C=O) groups is 3. The van der Waals surface area contributed by atoms with E-state index in [9.17, 15) is 14.4 Å². The Bertz CT molecular complexity index is 912. The Hall–Kier alpha value is -3.65. The van der Waals surface area contributed by atoms with Crippen LogP contribution in [0.15, 0.2) is 61.2 Å². The molecule has 5 heteroatoms. The van der Waals surface area contributed by atoms with E-state index in [0.717, 1.165) is 5.56 Å². The van der Waals surface area contributed by atoms with Crippen LogP contribution in [0, 0.1) is 19.0 Å². The van der Waals surface area contributed by atoms with E-state index in [-0.39, 0.29) is 18.6 Å². The minimum Gasteiger partial charge on any atom is -0.454 e. The molecule has 2 rings (SSSR count). The Morgan fingerprint density at radius 2 is 1.71 bits per heavy atom. The topological polar surface area (TPSA) is 69.7 Å². The first-order valence-electron chi connectivity index (χ1n) is 8.46. The number of esters is 2. The first-order valence-corrected chi connectivity index (χ1v) is 8.46. The number of allylic oxidation sites excluding steroid dienone is 1. The summed E-state index contributed by atoms with van der Waals surface area (Å²) < 4.78 is 9.43. The molecule has 28 heavy (non-hydrogen) atoms. The Labute approximate surface area is 164 Å². The SMILES string of the molecule is [CH]OC(=O)CCc1ccc(OC(=O)c2ccc(C#CCC(=O)C=C)cc2)cc1. The van der Waals surface area contributed by atoms with Crippen LogP contribution in [-0.4, -0.2) is 17.7 Å². The van der Waals surface area contributed by atoms with Gasteiger partial charge in [-0.25, -0.2) is 4.79 Å². The molecular formula is C23H18O5. The molecule has 2 aromatic rings. The van der Waals surface area contributed by atoms with Crippen LogP contribution in [0.25, 0.3) is 0 Å². The predicted octanol–water partition coefficient (Wildman–Crippen LogP) is 3.55. The average Bonchev–Trinajstić information content (AvgIpc) is 2.73. The Balaban J connectivity index is 1.92. The fourth-order valence-corrected chi connectivity index (χ4v) is 2.19. The molecule has 0 aliphatic heterocycles. The Kier molecular flexibility index (Phi) is 7.74. The van der Waals surface area contributed by atoms with Gasteiger partial charge in [-0.1, -0.05) is 30.6 Å². The highest BCUT2D eigenvalue weighted by molar-refractivity contribution is 5.91. The lowest BCUT2D eigenvalue weighted by Crippen LogP contribution is -2.08.